The van der Waals surface area contributed by atoms with Crippen molar-refractivity contribution in [2.75, 3.05) is 23.3 Å². The first kappa shape index (κ1) is 13.6. The number of halogens is 1. The molecule has 0 bridgehead atoms. The number of anilines is 3. The summed E-state index contributed by atoms with van der Waals surface area (Å²) in [6.45, 7) is 2.67. The SMILES string of the molecule is CCNc1ncc(Cl)c(Sc2nc(N)cc(N)n2)n1. The molecule has 0 saturated carbocycles. The Bertz CT molecular complexity index is 572. The molecule has 0 unspecified atom stereocenters. The van der Waals surface area contributed by atoms with Crippen molar-refractivity contribution in [3.05, 3.63) is 17.3 Å². The van der Waals surface area contributed by atoms with Crippen LogP contribution in [0.1, 0.15) is 6.92 Å². The van der Waals surface area contributed by atoms with E-state index in [1.165, 1.54) is 24.0 Å². The van der Waals surface area contributed by atoms with E-state index in [0.717, 1.165) is 0 Å². The van der Waals surface area contributed by atoms with Crippen molar-refractivity contribution >= 4 is 40.9 Å². The average molecular weight is 298 g/mol. The number of aromatic nitrogens is 4. The third-order valence-electron chi connectivity index (χ3n) is 1.98. The Hall–Kier alpha value is -1.80. The van der Waals surface area contributed by atoms with Crippen LogP contribution in [0.3, 0.4) is 0 Å². The zero-order valence-electron chi connectivity index (χ0n) is 10.1. The molecule has 2 aromatic rings. The Morgan fingerprint density at radius 1 is 1.26 bits per heavy atom. The molecule has 0 aromatic carbocycles. The van der Waals surface area contributed by atoms with Crippen LogP contribution in [0.15, 0.2) is 22.4 Å². The smallest absolute Gasteiger partial charge is 0.223 e. The second-order valence-corrected chi connectivity index (χ2v) is 4.84. The molecule has 2 heterocycles. The van der Waals surface area contributed by atoms with E-state index in [4.69, 9.17) is 23.1 Å². The number of hydrogen-bond acceptors (Lipinski definition) is 8. The highest BCUT2D eigenvalue weighted by atomic mass is 35.5. The molecule has 0 aliphatic rings. The molecule has 9 heteroatoms. The van der Waals surface area contributed by atoms with E-state index < -0.39 is 0 Å². The van der Waals surface area contributed by atoms with Gasteiger partial charge in [0.15, 0.2) is 5.16 Å². The van der Waals surface area contributed by atoms with Crippen LogP contribution in [0.2, 0.25) is 5.02 Å². The van der Waals surface area contributed by atoms with Gasteiger partial charge < -0.3 is 16.8 Å². The predicted octanol–water partition coefficient (Wildman–Crippen LogP) is 1.67. The molecule has 7 nitrogen and oxygen atoms in total. The van der Waals surface area contributed by atoms with Gasteiger partial charge >= 0.3 is 0 Å². The van der Waals surface area contributed by atoms with Crippen molar-refractivity contribution in [2.45, 2.75) is 17.1 Å². The fourth-order valence-corrected chi connectivity index (χ4v) is 2.22. The minimum absolute atomic E-state index is 0.298. The highest BCUT2D eigenvalue weighted by Crippen LogP contribution is 2.30. The highest BCUT2D eigenvalue weighted by molar-refractivity contribution is 7.99. The van der Waals surface area contributed by atoms with E-state index in [0.29, 0.717) is 39.3 Å². The van der Waals surface area contributed by atoms with Crippen molar-refractivity contribution in [3.63, 3.8) is 0 Å². The van der Waals surface area contributed by atoms with Gasteiger partial charge in [0.05, 0.1) is 11.2 Å². The third kappa shape index (κ3) is 3.58. The number of nitrogens with two attached hydrogens (primary N) is 2. The Kier molecular flexibility index (Phi) is 4.23. The summed E-state index contributed by atoms with van der Waals surface area (Å²) in [4.78, 5) is 16.4. The lowest BCUT2D eigenvalue weighted by atomic mass is 10.5. The molecular formula is C10H12ClN7S. The minimum atomic E-state index is 0.298. The van der Waals surface area contributed by atoms with Gasteiger partial charge in [-0.2, -0.15) is 0 Å². The van der Waals surface area contributed by atoms with Gasteiger partial charge in [0.1, 0.15) is 16.7 Å². The standard InChI is InChI=1S/C10H12ClN7S/c1-2-14-9-15-4-5(11)8(18-9)19-10-16-6(12)3-7(13)17-10/h3-4H,2H2,1H3,(H,14,15,18)(H4,12,13,16,17). The molecule has 0 aliphatic carbocycles. The first-order chi connectivity index (χ1) is 9.08. The van der Waals surface area contributed by atoms with E-state index in [9.17, 15) is 0 Å². The minimum Gasteiger partial charge on any atom is -0.383 e. The zero-order valence-corrected chi connectivity index (χ0v) is 11.7. The van der Waals surface area contributed by atoms with E-state index in [2.05, 4.69) is 25.3 Å². The van der Waals surface area contributed by atoms with Crippen LogP contribution in [0.25, 0.3) is 0 Å². The lowest BCUT2D eigenvalue weighted by Gasteiger charge is -2.06. The van der Waals surface area contributed by atoms with Crippen molar-refractivity contribution in [2.24, 2.45) is 0 Å². The van der Waals surface area contributed by atoms with Gasteiger partial charge in [-0.15, -0.1) is 0 Å². The van der Waals surface area contributed by atoms with Crippen molar-refractivity contribution < 1.29 is 0 Å². The maximum absolute atomic E-state index is 6.03. The summed E-state index contributed by atoms with van der Waals surface area (Å²) in [6, 6.07) is 1.48. The van der Waals surface area contributed by atoms with Gasteiger partial charge in [0.25, 0.3) is 0 Å². The molecular weight excluding hydrogens is 286 g/mol. The largest absolute Gasteiger partial charge is 0.383 e. The van der Waals surface area contributed by atoms with E-state index in [1.807, 2.05) is 6.92 Å². The number of nitrogens with zero attached hydrogens (tertiary/aromatic N) is 4. The first-order valence-corrected chi connectivity index (χ1v) is 6.62. The summed E-state index contributed by atoms with van der Waals surface area (Å²) in [6.07, 6.45) is 1.52. The van der Waals surface area contributed by atoms with Gasteiger partial charge in [-0.05, 0) is 18.7 Å². The van der Waals surface area contributed by atoms with Crippen LogP contribution >= 0.6 is 23.4 Å². The van der Waals surface area contributed by atoms with Crippen LogP contribution in [0.4, 0.5) is 17.6 Å². The van der Waals surface area contributed by atoms with Crippen LogP contribution < -0.4 is 16.8 Å². The van der Waals surface area contributed by atoms with Crippen LogP contribution in [-0.4, -0.2) is 26.5 Å². The van der Waals surface area contributed by atoms with Crippen LogP contribution in [0.5, 0.6) is 0 Å². The molecule has 0 fully saturated rings. The molecule has 0 radical (unpaired) electrons. The maximum Gasteiger partial charge on any atom is 0.223 e. The summed E-state index contributed by atoms with van der Waals surface area (Å²) >= 11 is 7.21. The molecule has 5 N–H and O–H groups in total. The fraction of sp³-hybridized carbons (Fsp3) is 0.200. The van der Waals surface area contributed by atoms with E-state index in [1.54, 1.807) is 0 Å². The van der Waals surface area contributed by atoms with E-state index in [-0.39, 0.29) is 0 Å². The molecule has 0 atom stereocenters. The lowest BCUT2D eigenvalue weighted by molar-refractivity contribution is 0.967. The maximum atomic E-state index is 6.03. The molecule has 0 aliphatic heterocycles. The van der Waals surface area contributed by atoms with Crippen LogP contribution in [-0.2, 0) is 0 Å². The Morgan fingerprint density at radius 2 is 1.95 bits per heavy atom. The molecule has 0 spiro atoms. The quantitative estimate of drug-likeness (QED) is 0.576. The fourth-order valence-electron chi connectivity index (χ4n) is 1.26. The third-order valence-corrected chi connectivity index (χ3v) is 3.24. The van der Waals surface area contributed by atoms with Gasteiger partial charge in [0, 0.05) is 12.6 Å². The number of nitrogens with one attached hydrogen (secondary N) is 1. The number of rotatable bonds is 4. The van der Waals surface area contributed by atoms with Crippen molar-refractivity contribution in [1.82, 2.24) is 19.9 Å². The van der Waals surface area contributed by atoms with Gasteiger partial charge in [-0.1, -0.05) is 11.6 Å². The molecule has 0 amide bonds. The molecule has 2 rings (SSSR count). The average Bonchev–Trinajstić information content (AvgIpc) is 2.32. The summed E-state index contributed by atoms with van der Waals surface area (Å²) in [5.41, 5.74) is 11.2. The number of nitrogen functional groups attached to an aromatic ring is 2. The topological polar surface area (TPSA) is 116 Å². The van der Waals surface area contributed by atoms with E-state index >= 15 is 0 Å². The van der Waals surface area contributed by atoms with Gasteiger partial charge in [-0.3, -0.25) is 0 Å². The Morgan fingerprint density at radius 3 is 2.58 bits per heavy atom. The summed E-state index contributed by atoms with van der Waals surface area (Å²) in [5, 5.41) is 4.34. The number of hydrogen-bond donors (Lipinski definition) is 3. The summed E-state index contributed by atoms with van der Waals surface area (Å²) < 4.78 is 0. The monoisotopic (exact) mass is 297 g/mol. The van der Waals surface area contributed by atoms with Crippen LogP contribution in [0, 0.1) is 0 Å². The second-order valence-electron chi connectivity index (χ2n) is 3.48. The molecule has 100 valence electrons. The Balaban J connectivity index is 2.28. The lowest BCUT2D eigenvalue weighted by Crippen LogP contribution is -2.03. The van der Waals surface area contributed by atoms with Gasteiger partial charge in [0.2, 0.25) is 5.95 Å². The highest BCUT2D eigenvalue weighted by Gasteiger charge is 2.10. The molecule has 19 heavy (non-hydrogen) atoms. The van der Waals surface area contributed by atoms with Crippen molar-refractivity contribution in [3.8, 4) is 0 Å². The van der Waals surface area contributed by atoms with Crippen molar-refractivity contribution in [1.29, 1.82) is 0 Å². The molecule has 0 saturated heterocycles. The first-order valence-electron chi connectivity index (χ1n) is 5.42. The summed E-state index contributed by atoms with van der Waals surface area (Å²) in [5.74, 6) is 1.09. The normalized spacial score (nSPS) is 10.4. The zero-order chi connectivity index (χ0) is 13.8. The molecule has 2 aromatic heterocycles. The summed E-state index contributed by atoms with van der Waals surface area (Å²) in [7, 11) is 0. The van der Waals surface area contributed by atoms with Gasteiger partial charge in [-0.25, -0.2) is 19.9 Å². The Labute approximate surface area is 119 Å². The second kappa shape index (κ2) is 5.89. The predicted molar refractivity (Wildman–Crippen MR) is 76.2 cm³/mol.